The van der Waals surface area contributed by atoms with Gasteiger partial charge in [-0.05, 0) is 35.9 Å². The maximum Gasteiger partial charge on any atom is 0.331 e. The van der Waals surface area contributed by atoms with E-state index in [0.717, 1.165) is 18.2 Å². The van der Waals surface area contributed by atoms with Crippen molar-refractivity contribution in [2.24, 2.45) is 5.73 Å². The van der Waals surface area contributed by atoms with E-state index in [1.807, 2.05) is 0 Å². The summed E-state index contributed by atoms with van der Waals surface area (Å²) >= 11 is 5.84. The lowest BCUT2D eigenvalue weighted by molar-refractivity contribution is -0.150. The molecule has 0 aliphatic heterocycles. The SMILES string of the molecule is NC(=O)C(OC(=O)/C=C/c1cccc(Cl)c1)c1ccc(F)cc1. The van der Waals surface area contributed by atoms with Gasteiger partial charge in [0.25, 0.3) is 5.91 Å². The number of carbonyl (C=O) groups is 2. The molecule has 1 atom stereocenters. The summed E-state index contributed by atoms with van der Waals surface area (Å²) in [7, 11) is 0. The first-order valence-electron chi connectivity index (χ1n) is 6.65. The number of primary amides is 1. The minimum atomic E-state index is -1.29. The summed E-state index contributed by atoms with van der Waals surface area (Å²) in [6.45, 7) is 0. The van der Waals surface area contributed by atoms with Crippen LogP contribution in [0.3, 0.4) is 0 Å². The molecular weight excluding hydrogens is 321 g/mol. The largest absolute Gasteiger partial charge is 0.444 e. The number of halogens is 2. The first kappa shape index (κ1) is 16.7. The van der Waals surface area contributed by atoms with Crippen LogP contribution >= 0.6 is 11.6 Å². The fourth-order valence-electron chi connectivity index (χ4n) is 1.86. The lowest BCUT2D eigenvalue weighted by Gasteiger charge is -2.13. The number of benzene rings is 2. The van der Waals surface area contributed by atoms with Gasteiger partial charge in [-0.2, -0.15) is 0 Å². The molecule has 4 nitrogen and oxygen atoms in total. The maximum atomic E-state index is 12.9. The van der Waals surface area contributed by atoms with Gasteiger partial charge in [-0.25, -0.2) is 9.18 Å². The van der Waals surface area contributed by atoms with Crippen LogP contribution in [0.4, 0.5) is 4.39 Å². The molecule has 0 saturated heterocycles. The first-order chi connectivity index (χ1) is 11.0. The molecule has 0 aliphatic carbocycles. The highest BCUT2D eigenvalue weighted by Gasteiger charge is 2.21. The number of nitrogens with two attached hydrogens (primary N) is 1. The van der Waals surface area contributed by atoms with Gasteiger partial charge >= 0.3 is 5.97 Å². The van der Waals surface area contributed by atoms with E-state index in [1.54, 1.807) is 24.3 Å². The minimum Gasteiger partial charge on any atom is -0.444 e. The van der Waals surface area contributed by atoms with Gasteiger partial charge in [0.1, 0.15) is 5.82 Å². The van der Waals surface area contributed by atoms with E-state index in [0.29, 0.717) is 16.1 Å². The average molecular weight is 334 g/mol. The number of carbonyl (C=O) groups excluding carboxylic acids is 2. The van der Waals surface area contributed by atoms with Crippen molar-refractivity contribution in [2.75, 3.05) is 0 Å². The predicted molar refractivity (Wildman–Crippen MR) is 84.9 cm³/mol. The Bertz CT molecular complexity index is 744. The van der Waals surface area contributed by atoms with Crippen LogP contribution in [-0.4, -0.2) is 11.9 Å². The summed E-state index contributed by atoms with van der Waals surface area (Å²) in [6.07, 6.45) is 1.37. The zero-order chi connectivity index (χ0) is 16.8. The van der Waals surface area contributed by atoms with Gasteiger partial charge in [-0.3, -0.25) is 4.79 Å². The van der Waals surface area contributed by atoms with Crippen molar-refractivity contribution in [2.45, 2.75) is 6.10 Å². The van der Waals surface area contributed by atoms with E-state index in [2.05, 4.69) is 0 Å². The van der Waals surface area contributed by atoms with Gasteiger partial charge in [0.15, 0.2) is 0 Å². The number of ether oxygens (including phenoxy) is 1. The fraction of sp³-hybridized carbons (Fsp3) is 0.0588. The molecule has 23 heavy (non-hydrogen) atoms. The zero-order valence-corrected chi connectivity index (χ0v) is 12.7. The van der Waals surface area contributed by atoms with Crippen molar-refractivity contribution in [1.29, 1.82) is 0 Å². The molecule has 6 heteroatoms. The second-order valence-electron chi connectivity index (χ2n) is 4.66. The normalized spacial score (nSPS) is 12.1. The van der Waals surface area contributed by atoms with Crippen LogP contribution in [-0.2, 0) is 14.3 Å². The molecule has 0 aromatic heterocycles. The lowest BCUT2D eigenvalue weighted by Crippen LogP contribution is -2.25. The van der Waals surface area contributed by atoms with Crippen molar-refractivity contribution in [1.82, 2.24) is 0 Å². The molecule has 2 aromatic rings. The van der Waals surface area contributed by atoms with Crippen molar-refractivity contribution in [3.05, 3.63) is 76.6 Å². The molecule has 0 spiro atoms. The molecule has 0 bridgehead atoms. The van der Waals surface area contributed by atoms with E-state index < -0.39 is 23.8 Å². The number of hydrogen-bond donors (Lipinski definition) is 1. The van der Waals surface area contributed by atoms with Crippen LogP contribution in [0, 0.1) is 5.82 Å². The molecule has 2 aromatic carbocycles. The quantitative estimate of drug-likeness (QED) is 0.674. The number of rotatable bonds is 5. The Hall–Kier alpha value is -2.66. The van der Waals surface area contributed by atoms with E-state index in [-0.39, 0.29) is 0 Å². The Morgan fingerprint density at radius 3 is 2.48 bits per heavy atom. The predicted octanol–water partition coefficient (Wildman–Crippen LogP) is 3.26. The fourth-order valence-corrected chi connectivity index (χ4v) is 2.06. The van der Waals surface area contributed by atoms with Gasteiger partial charge in [-0.1, -0.05) is 35.9 Å². The summed E-state index contributed by atoms with van der Waals surface area (Å²) < 4.78 is 17.9. The molecule has 0 saturated carbocycles. The molecule has 2 rings (SSSR count). The van der Waals surface area contributed by atoms with Crippen molar-refractivity contribution < 1.29 is 18.7 Å². The Morgan fingerprint density at radius 1 is 1.17 bits per heavy atom. The summed E-state index contributed by atoms with van der Waals surface area (Å²) in [5, 5.41) is 0.529. The molecule has 0 heterocycles. The van der Waals surface area contributed by atoms with Crippen LogP contribution in [0.15, 0.2) is 54.6 Å². The zero-order valence-electron chi connectivity index (χ0n) is 11.9. The van der Waals surface area contributed by atoms with Gasteiger partial charge in [0, 0.05) is 16.7 Å². The lowest BCUT2D eigenvalue weighted by atomic mass is 10.1. The van der Waals surface area contributed by atoms with Gasteiger partial charge in [0.2, 0.25) is 6.10 Å². The van der Waals surface area contributed by atoms with Crippen LogP contribution in [0.25, 0.3) is 6.08 Å². The summed E-state index contributed by atoms with van der Waals surface area (Å²) in [5.41, 5.74) is 6.23. The van der Waals surface area contributed by atoms with Gasteiger partial charge < -0.3 is 10.5 Å². The Balaban J connectivity index is 2.09. The third-order valence-corrected chi connectivity index (χ3v) is 3.16. The van der Waals surface area contributed by atoms with E-state index >= 15 is 0 Å². The van der Waals surface area contributed by atoms with Gasteiger partial charge in [-0.15, -0.1) is 0 Å². The highest BCUT2D eigenvalue weighted by molar-refractivity contribution is 6.30. The smallest absolute Gasteiger partial charge is 0.331 e. The van der Waals surface area contributed by atoms with Crippen LogP contribution < -0.4 is 5.73 Å². The first-order valence-corrected chi connectivity index (χ1v) is 7.02. The molecule has 0 aliphatic rings. The standard InChI is InChI=1S/C17H13ClFNO3/c18-13-3-1-2-11(10-13)4-9-15(21)23-16(17(20)22)12-5-7-14(19)8-6-12/h1-10,16H,(H2,20,22)/b9-4+. The van der Waals surface area contributed by atoms with Crippen LogP contribution in [0.1, 0.15) is 17.2 Å². The highest BCUT2D eigenvalue weighted by Crippen LogP contribution is 2.18. The van der Waals surface area contributed by atoms with Crippen molar-refractivity contribution in [3.8, 4) is 0 Å². The highest BCUT2D eigenvalue weighted by atomic mass is 35.5. The number of esters is 1. The van der Waals surface area contributed by atoms with Crippen molar-refractivity contribution >= 4 is 29.6 Å². The van der Waals surface area contributed by atoms with E-state index in [4.69, 9.17) is 22.1 Å². The van der Waals surface area contributed by atoms with Gasteiger partial charge in [0.05, 0.1) is 0 Å². The Kier molecular flexibility index (Phi) is 5.49. The van der Waals surface area contributed by atoms with E-state index in [1.165, 1.54) is 18.2 Å². The molecular formula is C17H13ClFNO3. The average Bonchev–Trinajstić information content (AvgIpc) is 2.51. The Labute approximate surface area is 137 Å². The van der Waals surface area contributed by atoms with Crippen LogP contribution in [0.2, 0.25) is 5.02 Å². The summed E-state index contributed by atoms with van der Waals surface area (Å²) in [4.78, 5) is 23.3. The third kappa shape index (κ3) is 4.93. The number of amides is 1. The number of hydrogen-bond acceptors (Lipinski definition) is 3. The van der Waals surface area contributed by atoms with Crippen molar-refractivity contribution in [3.63, 3.8) is 0 Å². The maximum absolute atomic E-state index is 12.9. The molecule has 118 valence electrons. The second kappa shape index (κ2) is 7.56. The monoisotopic (exact) mass is 333 g/mol. The second-order valence-corrected chi connectivity index (χ2v) is 5.10. The molecule has 1 unspecified atom stereocenters. The Morgan fingerprint density at radius 2 is 1.87 bits per heavy atom. The summed E-state index contributed by atoms with van der Waals surface area (Å²) in [5.74, 6) is -2.07. The summed E-state index contributed by atoms with van der Waals surface area (Å²) in [6, 6.07) is 11.8. The molecule has 1 amide bonds. The molecule has 2 N–H and O–H groups in total. The minimum absolute atomic E-state index is 0.295. The molecule has 0 radical (unpaired) electrons. The topological polar surface area (TPSA) is 69.4 Å². The van der Waals surface area contributed by atoms with E-state index in [9.17, 15) is 14.0 Å². The third-order valence-electron chi connectivity index (χ3n) is 2.93. The van der Waals surface area contributed by atoms with Crippen LogP contribution in [0.5, 0.6) is 0 Å². The molecule has 0 fully saturated rings.